The molecule has 3 rings (SSSR count). The number of aromatic nitrogens is 2. The van der Waals surface area contributed by atoms with Crippen molar-refractivity contribution in [3.63, 3.8) is 0 Å². The molecular formula is C20H25N3O2. The lowest BCUT2D eigenvalue weighted by Gasteiger charge is -2.18. The number of aromatic amines is 1. The molecule has 1 amide bonds. The van der Waals surface area contributed by atoms with Gasteiger partial charge in [-0.2, -0.15) is 0 Å². The zero-order valence-electron chi connectivity index (χ0n) is 15.4. The van der Waals surface area contributed by atoms with Gasteiger partial charge in [0.2, 0.25) is 0 Å². The number of carbonyl (C=O) groups is 1. The molecule has 132 valence electrons. The number of carbonyl (C=O) groups excluding carboxylic acids is 1. The molecular weight excluding hydrogens is 314 g/mol. The summed E-state index contributed by atoms with van der Waals surface area (Å²) in [6.45, 7) is 9.71. The summed E-state index contributed by atoms with van der Waals surface area (Å²) in [6.07, 6.45) is 0.904. The molecule has 2 aromatic rings. The van der Waals surface area contributed by atoms with E-state index in [4.69, 9.17) is 0 Å². The van der Waals surface area contributed by atoms with Crippen molar-refractivity contribution >= 4 is 5.91 Å². The Balaban J connectivity index is 1.77. The topological polar surface area (TPSA) is 74.8 Å². The SMILES string of the molecule is Cc1ccccc1C1CC1NC(=O)c1c(C)nc(C(C)(C)C)[nH]c1=O. The lowest BCUT2D eigenvalue weighted by atomic mass is 9.95. The highest BCUT2D eigenvalue weighted by molar-refractivity contribution is 5.95. The zero-order valence-corrected chi connectivity index (χ0v) is 15.4. The van der Waals surface area contributed by atoms with Gasteiger partial charge in [-0.15, -0.1) is 0 Å². The van der Waals surface area contributed by atoms with Gasteiger partial charge in [0.15, 0.2) is 0 Å². The number of hydrogen-bond acceptors (Lipinski definition) is 3. The van der Waals surface area contributed by atoms with Crippen molar-refractivity contribution in [1.29, 1.82) is 0 Å². The van der Waals surface area contributed by atoms with Gasteiger partial charge in [-0.25, -0.2) is 4.98 Å². The monoisotopic (exact) mass is 339 g/mol. The van der Waals surface area contributed by atoms with Crippen LogP contribution in [0.1, 0.15) is 66.1 Å². The average Bonchev–Trinajstić information content (AvgIpc) is 3.24. The number of H-pyrrole nitrogens is 1. The summed E-state index contributed by atoms with van der Waals surface area (Å²) in [5.41, 5.74) is 2.44. The quantitative estimate of drug-likeness (QED) is 0.903. The fraction of sp³-hybridized carbons (Fsp3) is 0.450. The van der Waals surface area contributed by atoms with Gasteiger partial charge in [0.05, 0.1) is 5.69 Å². The zero-order chi connectivity index (χ0) is 18.4. The number of rotatable bonds is 3. The van der Waals surface area contributed by atoms with Crippen LogP contribution in [0, 0.1) is 13.8 Å². The van der Waals surface area contributed by atoms with Gasteiger partial charge in [-0.05, 0) is 31.4 Å². The van der Waals surface area contributed by atoms with Gasteiger partial charge in [0.1, 0.15) is 11.4 Å². The number of amides is 1. The third-order valence-electron chi connectivity index (χ3n) is 4.73. The van der Waals surface area contributed by atoms with Gasteiger partial charge in [0, 0.05) is 17.4 Å². The standard InChI is InChI=1S/C20H25N3O2/c1-11-8-6-7-9-13(11)14-10-15(14)22-17(24)16-12(2)21-19(20(3,4)5)23-18(16)25/h6-9,14-15H,10H2,1-5H3,(H,22,24)(H,21,23,25). The molecule has 0 saturated heterocycles. The molecule has 2 N–H and O–H groups in total. The van der Waals surface area contributed by atoms with Crippen molar-refractivity contribution in [3.8, 4) is 0 Å². The van der Waals surface area contributed by atoms with Crippen LogP contribution >= 0.6 is 0 Å². The minimum atomic E-state index is -0.372. The van der Waals surface area contributed by atoms with Crippen LogP contribution in [0.5, 0.6) is 0 Å². The predicted molar refractivity (Wildman–Crippen MR) is 98.1 cm³/mol. The summed E-state index contributed by atoms with van der Waals surface area (Å²) in [6, 6.07) is 8.29. The second kappa shape index (κ2) is 6.14. The van der Waals surface area contributed by atoms with Gasteiger partial charge in [-0.3, -0.25) is 9.59 Å². The molecule has 0 radical (unpaired) electrons. The molecule has 1 heterocycles. The maximum atomic E-state index is 12.6. The summed E-state index contributed by atoms with van der Waals surface area (Å²) < 4.78 is 0. The maximum Gasteiger partial charge on any atom is 0.264 e. The Labute approximate surface area is 147 Å². The first-order valence-electron chi connectivity index (χ1n) is 8.66. The number of nitrogens with one attached hydrogen (secondary N) is 2. The van der Waals surface area contributed by atoms with E-state index in [2.05, 4.69) is 34.3 Å². The van der Waals surface area contributed by atoms with E-state index in [-0.39, 0.29) is 28.5 Å². The molecule has 0 spiro atoms. The summed E-state index contributed by atoms with van der Waals surface area (Å²) in [4.78, 5) is 32.2. The molecule has 1 fully saturated rings. The van der Waals surface area contributed by atoms with E-state index >= 15 is 0 Å². The second-order valence-corrected chi connectivity index (χ2v) is 7.90. The molecule has 1 aliphatic rings. The normalized spacial score (nSPS) is 19.6. The van der Waals surface area contributed by atoms with Crippen molar-refractivity contribution < 1.29 is 4.79 Å². The van der Waals surface area contributed by atoms with Gasteiger partial charge in [-0.1, -0.05) is 45.0 Å². The highest BCUT2D eigenvalue weighted by Gasteiger charge is 2.40. The van der Waals surface area contributed by atoms with E-state index in [0.717, 1.165) is 6.42 Å². The minimum absolute atomic E-state index is 0.0784. The van der Waals surface area contributed by atoms with Crippen LogP contribution in [0.25, 0.3) is 0 Å². The third-order valence-corrected chi connectivity index (χ3v) is 4.73. The fourth-order valence-electron chi connectivity index (χ4n) is 3.15. The third kappa shape index (κ3) is 3.50. The number of aryl methyl sites for hydroxylation is 2. The summed E-state index contributed by atoms with van der Waals surface area (Å²) in [5.74, 6) is 0.579. The largest absolute Gasteiger partial charge is 0.348 e. The van der Waals surface area contributed by atoms with Crippen LogP contribution < -0.4 is 10.9 Å². The minimum Gasteiger partial charge on any atom is -0.348 e. The van der Waals surface area contributed by atoms with E-state index in [9.17, 15) is 9.59 Å². The van der Waals surface area contributed by atoms with Crippen LogP contribution in [-0.2, 0) is 5.41 Å². The highest BCUT2D eigenvalue weighted by atomic mass is 16.2. The first-order chi connectivity index (χ1) is 11.7. The van der Waals surface area contributed by atoms with Gasteiger partial charge < -0.3 is 10.3 Å². The van der Waals surface area contributed by atoms with Crippen LogP contribution in [0.4, 0.5) is 0 Å². The molecule has 1 saturated carbocycles. The molecule has 1 aromatic carbocycles. The Hall–Kier alpha value is -2.43. The van der Waals surface area contributed by atoms with E-state index < -0.39 is 0 Å². The lowest BCUT2D eigenvalue weighted by molar-refractivity contribution is 0.0947. The van der Waals surface area contributed by atoms with E-state index in [1.54, 1.807) is 6.92 Å². The Morgan fingerprint density at radius 1 is 1.24 bits per heavy atom. The smallest absolute Gasteiger partial charge is 0.264 e. The Morgan fingerprint density at radius 2 is 1.92 bits per heavy atom. The molecule has 5 heteroatoms. The predicted octanol–water partition coefficient (Wildman–Crippen LogP) is 2.97. The summed E-state index contributed by atoms with van der Waals surface area (Å²) in [7, 11) is 0. The van der Waals surface area contributed by atoms with Crippen molar-refractivity contribution in [2.45, 2.75) is 58.4 Å². The molecule has 0 bridgehead atoms. The molecule has 2 unspecified atom stereocenters. The van der Waals surface area contributed by atoms with Crippen molar-refractivity contribution in [1.82, 2.24) is 15.3 Å². The van der Waals surface area contributed by atoms with Crippen molar-refractivity contribution in [3.05, 3.63) is 62.8 Å². The number of nitrogens with zero attached hydrogens (tertiary/aromatic N) is 1. The Morgan fingerprint density at radius 3 is 2.52 bits per heavy atom. The second-order valence-electron chi connectivity index (χ2n) is 7.90. The average molecular weight is 339 g/mol. The molecule has 1 aliphatic carbocycles. The summed E-state index contributed by atoms with van der Waals surface area (Å²) in [5, 5.41) is 2.99. The van der Waals surface area contributed by atoms with Crippen molar-refractivity contribution in [2.24, 2.45) is 0 Å². The number of benzene rings is 1. The molecule has 5 nitrogen and oxygen atoms in total. The van der Waals surface area contributed by atoms with Crippen LogP contribution in [-0.4, -0.2) is 21.9 Å². The molecule has 0 aliphatic heterocycles. The van der Waals surface area contributed by atoms with Gasteiger partial charge >= 0.3 is 0 Å². The first kappa shape index (κ1) is 17.4. The number of hydrogen-bond donors (Lipinski definition) is 2. The maximum absolute atomic E-state index is 12.6. The van der Waals surface area contributed by atoms with E-state index in [1.165, 1.54) is 11.1 Å². The Kier molecular flexibility index (Phi) is 4.27. The van der Waals surface area contributed by atoms with E-state index in [1.807, 2.05) is 32.9 Å². The van der Waals surface area contributed by atoms with Crippen molar-refractivity contribution in [2.75, 3.05) is 0 Å². The molecule has 2 atom stereocenters. The molecule has 1 aromatic heterocycles. The molecule has 25 heavy (non-hydrogen) atoms. The van der Waals surface area contributed by atoms with E-state index in [0.29, 0.717) is 17.4 Å². The van der Waals surface area contributed by atoms with Crippen LogP contribution in [0.2, 0.25) is 0 Å². The highest BCUT2D eigenvalue weighted by Crippen LogP contribution is 2.42. The first-order valence-corrected chi connectivity index (χ1v) is 8.66. The van der Waals surface area contributed by atoms with Crippen LogP contribution in [0.15, 0.2) is 29.1 Å². The fourth-order valence-corrected chi connectivity index (χ4v) is 3.15. The van der Waals surface area contributed by atoms with Gasteiger partial charge in [0.25, 0.3) is 11.5 Å². The Bertz CT molecular complexity index is 877. The van der Waals surface area contributed by atoms with Crippen LogP contribution in [0.3, 0.4) is 0 Å². The lowest BCUT2D eigenvalue weighted by Crippen LogP contribution is -2.35. The summed E-state index contributed by atoms with van der Waals surface area (Å²) >= 11 is 0.